The highest BCUT2D eigenvalue weighted by molar-refractivity contribution is 5.83. The summed E-state index contributed by atoms with van der Waals surface area (Å²) in [4.78, 5) is 34.2. The summed E-state index contributed by atoms with van der Waals surface area (Å²) in [5.41, 5.74) is -1.57. The molecule has 0 aliphatic heterocycles. The molecule has 2 amide bonds. The zero-order valence-corrected chi connectivity index (χ0v) is 18.4. The average molecular weight is 418 g/mol. The highest BCUT2D eigenvalue weighted by Gasteiger charge is 2.38. The smallest absolute Gasteiger partial charge is 0.251 e. The van der Waals surface area contributed by atoms with Crippen molar-refractivity contribution in [2.45, 2.75) is 78.3 Å². The van der Waals surface area contributed by atoms with Crippen molar-refractivity contribution in [1.29, 1.82) is 0 Å². The largest absolute Gasteiger partial charge is 0.342 e. The molecule has 2 N–H and O–H groups in total. The molecule has 1 aliphatic rings. The molecule has 164 valence electrons. The van der Waals surface area contributed by atoms with Crippen LogP contribution in [0.2, 0.25) is 0 Å². The van der Waals surface area contributed by atoms with Gasteiger partial charge in [-0.2, -0.15) is 9.97 Å². The maximum Gasteiger partial charge on any atom is 0.251 e. The first kappa shape index (κ1) is 21.9. The minimum Gasteiger partial charge on any atom is -0.342 e. The third-order valence-corrected chi connectivity index (χ3v) is 5.41. The highest BCUT2D eigenvalue weighted by atomic mass is 16.5. The van der Waals surface area contributed by atoms with Crippen molar-refractivity contribution in [3.8, 4) is 0 Å². The van der Waals surface area contributed by atoms with E-state index < -0.39 is 11.1 Å². The van der Waals surface area contributed by atoms with Crippen LogP contribution in [0.1, 0.15) is 76.8 Å². The van der Waals surface area contributed by atoms with Crippen LogP contribution in [0.4, 0.5) is 0 Å². The van der Waals surface area contributed by atoms with E-state index >= 15 is 0 Å². The Labute approximate surface area is 175 Å². The zero-order valence-electron chi connectivity index (χ0n) is 18.4. The zero-order chi connectivity index (χ0) is 22.1. The second-order valence-electron chi connectivity index (χ2n) is 9.08. The van der Waals surface area contributed by atoms with Crippen molar-refractivity contribution in [2.75, 3.05) is 0 Å². The van der Waals surface area contributed by atoms with Gasteiger partial charge in [-0.15, -0.1) is 0 Å². The molecule has 1 fully saturated rings. The molecule has 1 saturated carbocycles. The van der Waals surface area contributed by atoms with Gasteiger partial charge in [-0.3, -0.25) is 9.59 Å². The first-order chi connectivity index (χ1) is 14.0. The normalized spacial score (nSPS) is 20.1. The van der Waals surface area contributed by atoms with Crippen LogP contribution in [0.25, 0.3) is 0 Å². The van der Waals surface area contributed by atoms with E-state index in [0.717, 1.165) is 19.3 Å². The highest BCUT2D eigenvalue weighted by Crippen LogP contribution is 2.31. The number of aromatic nitrogens is 4. The second-order valence-corrected chi connectivity index (χ2v) is 9.08. The Hall–Kier alpha value is -2.78. The topological polar surface area (TPSA) is 136 Å². The maximum absolute atomic E-state index is 12.9. The molecule has 0 bridgehead atoms. The Morgan fingerprint density at radius 3 is 1.57 bits per heavy atom. The fourth-order valence-corrected chi connectivity index (χ4v) is 3.69. The molecule has 2 heterocycles. The van der Waals surface area contributed by atoms with Crippen molar-refractivity contribution in [3.05, 3.63) is 23.4 Å². The molecule has 10 nitrogen and oxygen atoms in total. The molecule has 30 heavy (non-hydrogen) atoms. The average Bonchev–Trinajstić information content (AvgIpc) is 3.30. The number of hydrogen-bond donors (Lipinski definition) is 2. The van der Waals surface area contributed by atoms with Gasteiger partial charge in [0.2, 0.25) is 11.8 Å². The predicted octanol–water partition coefficient (Wildman–Crippen LogP) is 2.28. The van der Waals surface area contributed by atoms with Gasteiger partial charge in [0.1, 0.15) is 11.1 Å². The van der Waals surface area contributed by atoms with E-state index in [2.05, 4.69) is 30.9 Å². The van der Waals surface area contributed by atoms with Gasteiger partial charge in [0, 0.05) is 11.8 Å². The number of aryl methyl sites for hydroxylation is 2. The summed E-state index contributed by atoms with van der Waals surface area (Å²) < 4.78 is 10.4. The van der Waals surface area contributed by atoms with Gasteiger partial charge in [-0.1, -0.05) is 16.7 Å². The molecule has 3 rings (SSSR count). The van der Waals surface area contributed by atoms with Crippen molar-refractivity contribution in [2.24, 2.45) is 11.8 Å². The van der Waals surface area contributed by atoms with E-state index in [9.17, 15) is 9.59 Å². The van der Waals surface area contributed by atoms with Crippen LogP contribution in [0, 0.1) is 25.7 Å². The number of nitrogens with one attached hydrogen (secondary N) is 2. The van der Waals surface area contributed by atoms with Gasteiger partial charge in [0.05, 0.1) is 0 Å². The minimum atomic E-state index is -0.786. The quantitative estimate of drug-likeness (QED) is 0.729. The van der Waals surface area contributed by atoms with Gasteiger partial charge < -0.3 is 19.7 Å². The Kier molecular flexibility index (Phi) is 5.96. The molecule has 10 heteroatoms. The number of hydrogen-bond acceptors (Lipinski definition) is 8. The number of rotatable bonds is 6. The summed E-state index contributed by atoms with van der Waals surface area (Å²) in [6.07, 6.45) is 2.76. The van der Waals surface area contributed by atoms with Gasteiger partial charge in [-0.05, 0) is 60.8 Å². The molecule has 0 aromatic carbocycles. The molecular formula is C20H30N6O4. The van der Waals surface area contributed by atoms with Crippen molar-refractivity contribution in [3.63, 3.8) is 0 Å². The monoisotopic (exact) mass is 418 g/mol. The van der Waals surface area contributed by atoms with Crippen LogP contribution in [0.3, 0.4) is 0 Å². The second kappa shape index (κ2) is 8.16. The molecule has 1 aliphatic carbocycles. The predicted molar refractivity (Wildman–Crippen MR) is 106 cm³/mol. The van der Waals surface area contributed by atoms with Gasteiger partial charge >= 0.3 is 0 Å². The lowest BCUT2D eigenvalue weighted by Gasteiger charge is -2.32. The van der Waals surface area contributed by atoms with E-state index in [1.165, 1.54) is 0 Å². The first-order valence-electron chi connectivity index (χ1n) is 10.2. The van der Waals surface area contributed by atoms with Crippen molar-refractivity contribution < 1.29 is 18.6 Å². The molecule has 2 aromatic rings. The third-order valence-electron chi connectivity index (χ3n) is 5.41. The molecule has 2 unspecified atom stereocenters. The summed E-state index contributed by atoms with van der Waals surface area (Å²) >= 11 is 0. The molecule has 0 saturated heterocycles. The van der Waals surface area contributed by atoms with E-state index in [-0.39, 0.29) is 23.7 Å². The number of amides is 2. The van der Waals surface area contributed by atoms with Gasteiger partial charge in [-0.25, -0.2) is 0 Å². The third kappa shape index (κ3) is 4.85. The van der Waals surface area contributed by atoms with Crippen LogP contribution < -0.4 is 10.6 Å². The molecule has 2 aromatic heterocycles. The van der Waals surface area contributed by atoms with E-state index in [1.807, 2.05) is 27.7 Å². The first-order valence-corrected chi connectivity index (χ1v) is 10.2. The standard InChI is InChI=1S/C20H30N6O4/c1-11-21-17(29-25-11)19(3,4)23-15(27)13-8-7-9-14(10-13)16(28)24-20(5,6)18-22-12(2)26-30-18/h13-14H,7-10H2,1-6H3,(H,23,27)(H,24,28). The Balaban J connectivity index is 1.61. The number of carbonyl (C=O) groups excluding carboxylic acids is 2. The fraction of sp³-hybridized carbons (Fsp3) is 0.700. The maximum atomic E-state index is 12.9. The van der Waals surface area contributed by atoms with Crippen LogP contribution >= 0.6 is 0 Å². The van der Waals surface area contributed by atoms with Crippen LogP contribution in [0.15, 0.2) is 9.05 Å². The Morgan fingerprint density at radius 2 is 1.23 bits per heavy atom. The molecule has 2 atom stereocenters. The van der Waals surface area contributed by atoms with Crippen LogP contribution in [-0.4, -0.2) is 32.1 Å². The summed E-state index contributed by atoms with van der Waals surface area (Å²) in [7, 11) is 0. The number of carbonyl (C=O) groups is 2. The van der Waals surface area contributed by atoms with Crippen LogP contribution in [0.5, 0.6) is 0 Å². The molecule has 0 radical (unpaired) electrons. The molecular weight excluding hydrogens is 388 g/mol. The molecule has 0 spiro atoms. The Bertz CT molecular complexity index is 844. The van der Waals surface area contributed by atoms with Crippen molar-refractivity contribution in [1.82, 2.24) is 30.9 Å². The van der Waals surface area contributed by atoms with E-state index in [0.29, 0.717) is 29.9 Å². The lowest BCUT2D eigenvalue weighted by Crippen LogP contribution is -2.48. The lowest BCUT2D eigenvalue weighted by atomic mass is 9.79. The Morgan fingerprint density at radius 1 is 0.833 bits per heavy atom. The minimum absolute atomic E-state index is 0.111. The van der Waals surface area contributed by atoms with E-state index in [1.54, 1.807) is 13.8 Å². The summed E-state index contributed by atoms with van der Waals surface area (Å²) in [6.45, 7) is 10.7. The van der Waals surface area contributed by atoms with Gasteiger partial charge in [0.15, 0.2) is 11.6 Å². The fourth-order valence-electron chi connectivity index (χ4n) is 3.69. The van der Waals surface area contributed by atoms with Crippen LogP contribution in [-0.2, 0) is 20.7 Å². The SMILES string of the molecule is Cc1noc(C(C)(C)NC(=O)C2CCCC(C(=O)NC(C)(C)c3nc(C)no3)C2)n1. The summed E-state index contributed by atoms with van der Waals surface area (Å²) in [6, 6.07) is 0. The number of nitrogens with zero attached hydrogens (tertiary/aromatic N) is 4. The summed E-state index contributed by atoms with van der Waals surface area (Å²) in [5, 5.41) is 13.6. The van der Waals surface area contributed by atoms with Gasteiger partial charge in [0.25, 0.3) is 11.8 Å². The summed E-state index contributed by atoms with van der Waals surface area (Å²) in [5.74, 6) is 1.00. The van der Waals surface area contributed by atoms with Crippen molar-refractivity contribution >= 4 is 11.8 Å². The lowest BCUT2D eigenvalue weighted by molar-refractivity contribution is -0.132. The van der Waals surface area contributed by atoms with E-state index in [4.69, 9.17) is 9.05 Å².